The number of hydrogen-bond acceptors (Lipinski definition) is 5. The maximum atomic E-state index is 12.2. The van der Waals surface area contributed by atoms with Gasteiger partial charge >= 0.3 is 0 Å². The monoisotopic (exact) mass is 418 g/mol. The Morgan fingerprint density at radius 1 is 1.29 bits per heavy atom. The predicted octanol–water partition coefficient (Wildman–Crippen LogP) is 4.25. The lowest BCUT2D eigenvalue weighted by molar-refractivity contribution is 0.0950. The van der Waals surface area contributed by atoms with Gasteiger partial charge in [-0.1, -0.05) is 35.3 Å². The minimum atomic E-state index is -0.490. The number of aromatic hydroxyl groups is 1. The molecule has 0 atom stereocenters. The van der Waals surface area contributed by atoms with Crippen LogP contribution in [0.15, 0.2) is 47.6 Å². The third-order valence-electron chi connectivity index (χ3n) is 3.74. The summed E-state index contributed by atoms with van der Waals surface area (Å²) in [6.07, 6.45) is 1.33. The van der Waals surface area contributed by atoms with E-state index in [1.165, 1.54) is 6.21 Å². The molecule has 1 heterocycles. The molecule has 0 radical (unpaired) electrons. The van der Waals surface area contributed by atoms with E-state index in [-0.39, 0.29) is 11.4 Å². The van der Waals surface area contributed by atoms with E-state index in [1.54, 1.807) is 42.5 Å². The highest BCUT2D eigenvalue weighted by Crippen LogP contribution is 2.29. The number of amides is 1. The summed E-state index contributed by atoms with van der Waals surface area (Å²) in [6, 6.07) is 11.6. The van der Waals surface area contributed by atoms with E-state index in [9.17, 15) is 9.90 Å². The lowest BCUT2D eigenvalue weighted by Crippen LogP contribution is -2.18. The van der Waals surface area contributed by atoms with Crippen LogP contribution in [0.2, 0.25) is 10.0 Å². The number of H-pyrrole nitrogens is 1. The van der Waals surface area contributed by atoms with Crippen molar-refractivity contribution in [3.8, 4) is 22.8 Å². The number of phenolic OH excluding ortho intramolecular Hbond substituents is 1. The van der Waals surface area contributed by atoms with Crippen LogP contribution in [0.25, 0.3) is 11.3 Å². The molecule has 1 aromatic heterocycles. The number of halogens is 2. The average Bonchev–Trinajstić information content (AvgIpc) is 3.17. The molecular weight excluding hydrogens is 403 g/mol. The quantitative estimate of drug-likeness (QED) is 0.411. The Labute approximate surface area is 170 Å². The van der Waals surface area contributed by atoms with Crippen molar-refractivity contribution in [2.75, 3.05) is 6.61 Å². The van der Waals surface area contributed by atoms with Crippen LogP contribution in [0.3, 0.4) is 0 Å². The first kappa shape index (κ1) is 19.7. The number of rotatable bonds is 6. The third kappa shape index (κ3) is 4.44. The highest BCUT2D eigenvalue weighted by Gasteiger charge is 2.12. The lowest BCUT2D eigenvalue weighted by Gasteiger charge is -2.07. The van der Waals surface area contributed by atoms with E-state index in [0.29, 0.717) is 39.2 Å². The first-order chi connectivity index (χ1) is 13.5. The molecule has 28 heavy (non-hydrogen) atoms. The van der Waals surface area contributed by atoms with Crippen molar-refractivity contribution in [1.82, 2.24) is 15.6 Å². The predicted molar refractivity (Wildman–Crippen MR) is 108 cm³/mol. The zero-order valence-electron chi connectivity index (χ0n) is 14.7. The van der Waals surface area contributed by atoms with E-state index in [2.05, 4.69) is 20.7 Å². The topological polar surface area (TPSA) is 99.6 Å². The molecule has 7 nitrogen and oxygen atoms in total. The fourth-order valence-corrected chi connectivity index (χ4v) is 2.68. The fourth-order valence-electron chi connectivity index (χ4n) is 2.38. The fraction of sp³-hybridized carbons (Fsp3) is 0.105. The number of hydrazone groups is 1. The van der Waals surface area contributed by atoms with Gasteiger partial charge in [0, 0.05) is 11.1 Å². The van der Waals surface area contributed by atoms with Gasteiger partial charge in [0.25, 0.3) is 5.91 Å². The van der Waals surface area contributed by atoms with Gasteiger partial charge < -0.3 is 9.84 Å². The molecule has 144 valence electrons. The molecule has 0 saturated carbocycles. The van der Waals surface area contributed by atoms with E-state index >= 15 is 0 Å². The van der Waals surface area contributed by atoms with Crippen molar-refractivity contribution < 1.29 is 14.6 Å². The number of carbonyl (C=O) groups excluding carboxylic acids is 1. The standard InChI is InChI=1S/C19H16Cl2N4O3/c1-2-28-17-5-3-4-12(18(17)26)10-22-25-19(27)16-9-15(23-24-16)11-6-7-13(20)14(21)8-11/h3-10,26H,2H2,1H3,(H,23,24)(H,25,27)/b22-10-. The first-order valence-corrected chi connectivity index (χ1v) is 9.04. The normalized spacial score (nSPS) is 11.0. The second kappa shape index (κ2) is 8.77. The van der Waals surface area contributed by atoms with Crippen LogP contribution in [0.4, 0.5) is 0 Å². The van der Waals surface area contributed by atoms with Gasteiger partial charge in [-0.2, -0.15) is 10.2 Å². The number of aromatic nitrogens is 2. The Balaban J connectivity index is 1.69. The Kier molecular flexibility index (Phi) is 6.18. The van der Waals surface area contributed by atoms with Gasteiger partial charge in [-0.15, -0.1) is 0 Å². The van der Waals surface area contributed by atoms with Crippen molar-refractivity contribution >= 4 is 35.3 Å². The van der Waals surface area contributed by atoms with Gasteiger partial charge in [0.2, 0.25) is 0 Å². The highest BCUT2D eigenvalue weighted by molar-refractivity contribution is 6.42. The van der Waals surface area contributed by atoms with E-state index in [4.69, 9.17) is 27.9 Å². The van der Waals surface area contributed by atoms with Crippen LogP contribution >= 0.6 is 23.2 Å². The minimum Gasteiger partial charge on any atom is -0.504 e. The molecule has 0 aliphatic rings. The van der Waals surface area contributed by atoms with Crippen molar-refractivity contribution in [3.63, 3.8) is 0 Å². The van der Waals surface area contributed by atoms with Crippen LogP contribution in [-0.4, -0.2) is 34.0 Å². The van der Waals surface area contributed by atoms with Crippen molar-refractivity contribution in [2.24, 2.45) is 5.10 Å². The summed E-state index contributed by atoms with van der Waals surface area (Å²) in [5.41, 5.74) is 4.25. The average molecular weight is 419 g/mol. The second-order valence-electron chi connectivity index (χ2n) is 5.62. The molecule has 3 aromatic rings. The van der Waals surface area contributed by atoms with E-state index < -0.39 is 5.91 Å². The Morgan fingerprint density at radius 3 is 2.86 bits per heavy atom. The Hall–Kier alpha value is -3.03. The summed E-state index contributed by atoms with van der Waals surface area (Å²) in [4.78, 5) is 12.2. The minimum absolute atomic E-state index is 0.0502. The molecule has 0 bridgehead atoms. The maximum Gasteiger partial charge on any atom is 0.289 e. The number of phenols is 1. The number of nitrogens with zero attached hydrogens (tertiary/aromatic N) is 2. The number of hydrogen-bond donors (Lipinski definition) is 3. The zero-order valence-corrected chi connectivity index (χ0v) is 16.3. The number of benzene rings is 2. The largest absolute Gasteiger partial charge is 0.504 e. The van der Waals surface area contributed by atoms with E-state index in [0.717, 1.165) is 0 Å². The molecule has 3 rings (SSSR count). The summed E-state index contributed by atoms with van der Waals surface area (Å²) < 4.78 is 5.30. The van der Waals surface area contributed by atoms with Crippen LogP contribution in [0.5, 0.6) is 11.5 Å². The summed E-state index contributed by atoms with van der Waals surface area (Å²) >= 11 is 11.9. The first-order valence-electron chi connectivity index (χ1n) is 8.28. The number of nitrogens with one attached hydrogen (secondary N) is 2. The summed E-state index contributed by atoms with van der Waals surface area (Å²) in [6.45, 7) is 2.24. The van der Waals surface area contributed by atoms with Gasteiger partial charge in [0.05, 0.1) is 28.6 Å². The van der Waals surface area contributed by atoms with Crippen LogP contribution < -0.4 is 10.2 Å². The molecule has 0 aliphatic heterocycles. The smallest absolute Gasteiger partial charge is 0.289 e. The van der Waals surface area contributed by atoms with Gasteiger partial charge in [0.1, 0.15) is 5.69 Å². The Bertz CT molecular complexity index is 1030. The van der Waals surface area contributed by atoms with Crippen LogP contribution in [-0.2, 0) is 0 Å². The van der Waals surface area contributed by atoms with E-state index in [1.807, 2.05) is 6.92 Å². The summed E-state index contributed by atoms with van der Waals surface area (Å²) in [5.74, 6) is -0.195. The van der Waals surface area contributed by atoms with Crippen molar-refractivity contribution in [1.29, 1.82) is 0 Å². The van der Waals surface area contributed by atoms with Crippen LogP contribution in [0.1, 0.15) is 23.0 Å². The SMILES string of the molecule is CCOc1cccc(/C=N\NC(=O)c2cc(-c3ccc(Cl)c(Cl)c3)n[nH]2)c1O. The molecule has 0 aliphatic carbocycles. The molecule has 0 unspecified atom stereocenters. The molecule has 0 saturated heterocycles. The van der Waals surface area contributed by atoms with Gasteiger partial charge in [-0.3, -0.25) is 9.89 Å². The molecule has 2 aromatic carbocycles. The van der Waals surface area contributed by atoms with Gasteiger partial charge in [-0.05, 0) is 37.3 Å². The molecule has 9 heteroatoms. The molecule has 0 fully saturated rings. The number of ether oxygens (including phenoxy) is 1. The molecule has 1 amide bonds. The summed E-state index contributed by atoms with van der Waals surface area (Å²) in [5, 5.41) is 21.5. The molecule has 0 spiro atoms. The second-order valence-corrected chi connectivity index (χ2v) is 6.44. The lowest BCUT2D eigenvalue weighted by atomic mass is 10.1. The Morgan fingerprint density at radius 2 is 2.11 bits per heavy atom. The zero-order chi connectivity index (χ0) is 20.1. The highest BCUT2D eigenvalue weighted by atomic mass is 35.5. The van der Waals surface area contributed by atoms with Crippen molar-refractivity contribution in [2.45, 2.75) is 6.92 Å². The molecule has 3 N–H and O–H groups in total. The number of para-hydroxylation sites is 1. The van der Waals surface area contributed by atoms with Gasteiger partial charge in [-0.25, -0.2) is 5.43 Å². The third-order valence-corrected chi connectivity index (χ3v) is 4.48. The van der Waals surface area contributed by atoms with Gasteiger partial charge in [0.15, 0.2) is 11.5 Å². The maximum absolute atomic E-state index is 12.2. The molecular formula is C19H16Cl2N4O3. The summed E-state index contributed by atoms with van der Waals surface area (Å²) in [7, 11) is 0. The van der Waals surface area contributed by atoms with Crippen LogP contribution in [0, 0.1) is 0 Å². The number of aromatic amines is 1. The van der Waals surface area contributed by atoms with Crippen molar-refractivity contribution in [3.05, 3.63) is 63.8 Å². The number of carbonyl (C=O) groups is 1.